The first kappa shape index (κ1) is 24.8. The van der Waals surface area contributed by atoms with Crippen LogP contribution >= 0.6 is 0 Å². The first-order valence-electron chi connectivity index (χ1n) is 12.1. The molecule has 0 amide bonds. The normalized spacial score (nSPS) is 24.2. The minimum atomic E-state index is -4.70. The fourth-order valence-corrected chi connectivity index (χ4v) is 5.10. The summed E-state index contributed by atoms with van der Waals surface area (Å²) in [6.07, 6.45) is 4.55. The minimum Gasteiger partial charge on any atom is -0.406 e. The molecule has 0 radical (unpaired) electrons. The molecule has 1 saturated heterocycles. The number of hydrogen-bond acceptors (Lipinski definition) is 3. The smallest absolute Gasteiger partial charge is 0.406 e. The number of halogens is 4. The molecular weight excluding hydrogens is 446 g/mol. The summed E-state index contributed by atoms with van der Waals surface area (Å²) in [5.41, 5.74) is 3.14. The van der Waals surface area contributed by atoms with Gasteiger partial charge in [-0.15, -0.1) is 13.2 Å². The SMILES string of the molecule is Cc1cc(C2CCC=C(CCCN3CC[C@](C)(F)C3)CC2)nn1-c1ccc(OC(F)(F)F)cc1. The average molecular weight is 480 g/mol. The Balaban J connectivity index is 1.30. The lowest BCUT2D eigenvalue weighted by atomic mass is 9.95. The Labute approximate surface area is 198 Å². The van der Waals surface area contributed by atoms with Crippen LogP contribution in [0.2, 0.25) is 0 Å². The van der Waals surface area contributed by atoms with Gasteiger partial charge in [-0.1, -0.05) is 11.6 Å². The van der Waals surface area contributed by atoms with Crippen molar-refractivity contribution in [1.29, 1.82) is 0 Å². The van der Waals surface area contributed by atoms with Gasteiger partial charge in [0.25, 0.3) is 0 Å². The Morgan fingerprint density at radius 3 is 2.62 bits per heavy atom. The van der Waals surface area contributed by atoms with Crippen LogP contribution in [0.15, 0.2) is 42.0 Å². The highest BCUT2D eigenvalue weighted by Gasteiger charge is 2.33. The van der Waals surface area contributed by atoms with E-state index in [9.17, 15) is 17.6 Å². The standard InChI is InChI=1S/C26H33F4N3O/c1-19-17-24(31-33(19)22-10-12-23(13-11-22)34-26(28,29)30)21-7-3-5-20(8-9-21)6-4-15-32-16-14-25(2,27)18-32/h5,10-13,17,21H,3-4,6-9,14-16,18H2,1-2H3/t21?,25-/m0/s1. The molecular formula is C26H33F4N3O. The van der Waals surface area contributed by atoms with E-state index in [1.165, 1.54) is 17.7 Å². The second kappa shape index (κ2) is 10.1. The maximum Gasteiger partial charge on any atom is 0.573 e. The molecule has 2 aliphatic rings. The fourth-order valence-electron chi connectivity index (χ4n) is 5.10. The lowest BCUT2D eigenvalue weighted by Gasteiger charge is -2.17. The monoisotopic (exact) mass is 479 g/mol. The van der Waals surface area contributed by atoms with Gasteiger partial charge in [-0.2, -0.15) is 5.10 Å². The summed E-state index contributed by atoms with van der Waals surface area (Å²) in [4.78, 5) is 2.23. The van der Waals surface area contributed by atoms with Crippen molar-refractivity contribution in [3.63, 3.8) is 0 Å². The molecule has 4 nitrogen and oxygen atoms in total. The Hall–Kier alpha value is -2.35. The summed E-state index contributed by atoms with van der Waals surface area (Å²) in [6, 6.07) is 7.87. The Morgan fingerprint density at radius 2 is 1.94 bits per heavy atom. The first-order valence-corrected chi connectivity index (χ1v) is 12.1. The summed E-state index contributed by atoms with van der Waals surface area (Å²) >= 11 is 0. The van der Waals surface area contributed by atoms with Gasteiger partial charge in [-0.3, -0.25) is 0 Å². The lowest BCUT2D eigenvalue weighted by Crippen LogP contribution is -2.27. The highest BCUT2D eigenvalue weighted by Crippen LogP contribution is 2.33. The highest BCUT2D eigenvalue weighted by atomic mass is 19.4. The molecule has 1 aliphatic carbocycles. The van der Waals surface area contributed by atoms with Crippen molar-refractivity contribution in [1.82, 2.24) is 14.7 Å². The van der Waals surface area contributed by atoms with Crippen LogP contribution in [-0.2, 0) is 0 Å². The van der Waals surface area contributed by atoms with Crippen LogP contribution in [0.5, 0.6) is 5.75 Å². The average Bonchev–Trinajstić information content (AvgIpc) is 3.21. The quantitative estimate of drug-likeness (QED) is 0.320. The van der Waals surface area contributed by atoms with E-state index < -0.39 is 12.0 Å². The van der Waals surface area contributed by atoms with Crippen LogP contribution in [0, 0.1) is 6.92 Å². The third kappa shape index (κ3) is 6.62. The van der Waals surface area contributed by atoms with Crippen molar-refractivity contribution in [3.8, 4) is 11.4 Å². The van der Waals surface area contributed by atoms with Gasteiger partial charge in [0.2, 0.25) is 0 Å². The highest BCUT2D eigenvalue weighted by molar-refractivity contribution is 5.38. The molecule has 2 aromatic rings. The van der Waals surface area contributed by atoms with Crippen LogP contribution in [0.4, 0.5) is 17.6 Å². The zero-order valence-corrected chi connectivity index (χ0v) is 19.9. The van der Waals surface area contributed by atoms with Gasteiger partial charge in [0.1, 0.15) is 11.4 Å². The molecule has 8 heteroatoms. The van der Waals surface area contributed by atoms with Gasteiger partial charge in [-0.05, 0) is 95.7 Å². The summed E-state index contributed by atoms with van der Waals surface area (Å²) in [5.74, 6) is 0.111. The number of nitrogens with zero attached hydrogens (tertiary/aromatic N) is 3. The van der Waals surface area contributed by atoms with Crippen molar-refractivity contribution in [2.24, 2.45) is 0 Å². The molecule has 2 heterocycles. The van der Waals surface area contributed by atoms with Gasteiger partial charge in [0.15, 0.2) is 0 Å². The number of hydrogen-bond donors (Lipinski definition) is 0. The van der Waals surface area contributed by atoms with Crippen molar-refractivity contribution in [3.05, 3.63) is 53.4 Å². The van der Waals surface area contributed by atoms with Crippen molar-refractivity contribution in [2.75, 3.05) is 19.6 Å². The largest absolute Gasteiger partial charge is 0.573 e. The van der Waals surface area contributed by atoms with Crippen LogP contribution in [0.25, 0.3) is 5.69 Å². The molecule has 34 heavy (non-hydrogen) atoms. The maximum atomic E-state index is 14.0. The third-order valence-electron chi connectivity index (χ3n) is 6.88. The molecule has 0 bridgehead atoms. The molecule has 1 aromatic carbocycles. The number of alkyl halides is 4. The second-order valence-corrected chi connectivity index (χ2v) is 9.88. The Morgan fingerprint density at radius 1 is 1.18 bits per heavy atom. The summed E-state index contributed by atoms with van der Waals surface area (Å²) < 4.78 is 57.0. The molecule has 1 aromatic heterocycles. The minimum absolute atomic E-state index is 0.243. The Kier molecular flexibility index (Phi) is 7.36. The topological polar surface area (TPSA) is 30.3 Å². The van der Waals surface area contributed by atoms with E-state index in [-0.39, 0.29) is 5.75 Å². The molecule has 0 N–H and O–H groups in total. The zero-order chi connectivity index (χ0) is 24.3. The lowest BCUT2D eigenvalue weighted by molar-refractivity contribution is -0.274. The van der Waals surface area contributed by atoms with Crippen molar-refractivity contribution >= 4 is 0 Å². The summed E-state index contributed by atoms with van der Waals surface area (Å²) in [6.45, 7) is 6.01. The molecule has 186 valence electrons. The number of aryl methyl sites for hydroxylation is 1. The van der Waals surface area contributed by atoms with E-state index >= 15 is 0 Å². The predicted molar refractivity (Wildman–Crippen MR) is 124 cm³/mol. The number of aromatic nitrogens is 2. The van der Waals surface area contributed by atoms with E-state index in [1.54, 1.807) is 23.7 Å². The maximum absolute atomic E-state index is 14.0. The number of rotatable bonds is 7. The van der Waals surface area contributed by atoms with E-state index in [2.05, 4.69) is 21.8 Å². The molecule has 4 rings (SSSR count). The summed E-state index contributed by atoms with van der Waals surface area (Å²) in [7, 11) is 0. The molecule has 1 aliphatic heterocycles. The molecule has 1 unspecified atom stereocenters. The van der Waals surface area contributed by atoms with Crippen LogP contribution in [0.3, 0.4) is 0 Å². The third-order valence-corrected chi connectivity index (χ3v) is 6.88. The van der Waals surface area contributed by atoms with Gasteiger partial charge >= 0.3 is 6.36 Å². The first-order chi connectivity index (χ1) is 16.1. The second-order valence-electron chi connectivity index (χ2n) is 9.88. The fraction of sp³-hybridized carbons (Fsp3) is 0.577. The van der Waals surface area contributed by atoms with Crippen molar-refractivity contribution in [2.45, 2.75) is 76.7 Å². The van der Waals surface area contributed by atoms with Gasteiger partial charge in [-0.25, -0.2) is 9.07 Å². The van der Waals surface area contributed by atoms with E-state index in [4.69, 9.17) is 5.10 Å². The number of benzene rings is 1. The molecule has 0 spiro atoms. The zero-order valence-electron chi connectivity index (χ0n) is 19.9. The van der Waals surface area contributed by atoms with Crippen LogP contribution in [0.1, 0.15) is 69.2 Å². The van der Waals surface area contributed by atoms with E-state index in [0.29, 0.717) is 24.6 Å². The van der Waals surface area contributed by atoms with Crippen LogP contribution in [-0.4, -0.2) is 46.3 Å². The Bertz CT molecular complexity index is 994. The van der Waals surface area contributed by atoms with Crippen molar-refractivity contribution < 1.29 is 22.3 Å². The van der Waals surface area contributed by atoms with Gasteiger partial charge in [0.05, 0.1) is 11.4 Å². The van der Waals surface area contributed by atoms with Gasteiger partial charge < -0.3 is 9.64 Å². The molecule has 1 fully saturated rings. The van der Waals surface area contributed by atoms with E-state index in [0.717, 1.165) is 63.0 Å². The predicted octanol–water partition coefficient (Wildman–Crippen LogP) is 6.88. The van der Waals surface area contributed by atoms with Gasteiger partial charge in [0, 0.05) is 24.7 Å². The number of ether oxygens (including phenoxy) is 1. The number of likely N-dealkylation sites (tertiary alicyclic amines) is 1. The molecule has 0 saturated carbocycles. The summed E-state index contributed by atoms with van der Waals surface area (Å²) in [5, 5.41) is 4.79. The van der Waals surface area contributed by atoms with Crippen LogP contribution < -0.4 is 4.74 Å². The molecule has 2 atom stereocenters. The van der Waals surface area contributed by atoms with E-state index in [1.807, 2.05) is 6.92 Å². The number of allylic oxidation sites excluding steroid dienone is 2.